The number of carbonyl (C=O) groups is 1. The monoisotopic (exact) mass is 309 g/mol. The molecule has 1 aromatic heterocycles. The molecule has 0 aliphatic heterocycles. The second kappa shape index (κ2) is 6.79. The van der Waals surface area contributed by atoms with Crippen LogP contribution in [0.5, 0.6) is 5.75 Å². The first-order chi connectivity index (χ1) is 11.2. The normalized spacial score (nSPS) is 11.0. The molecule has 116 valence electrons. The highest BCUT2D eigenvalue weighted by molar-refractivity contribution is 5.86. The zero-order chi connectivity index (χ0) is 16.1. The van der Waals surface area contributed by atoms with E-state index in [2.05, 4.69) is 4.98 Å². The van der Waals surface area contributed by atoms with E-state index in [4.69, 9.17) is 13.9 Å². The zero-order valence-electron chi connectivity index (χ0n) is 12.6. The topological polar surface area (TPSA) is 61.6 Å². The molecular formula is C18H15NO4. The minimum Gasteiger partial charge on any atom is -0.497 e. The molecule has 0 aliphatic carbocycles. The van der Waals surface area contributed by atoms with Crippen molar-refractivity contribution in [3.05, 3.63) is 66.1 Å². The van der Waals surface area contributed by atoms with E-state index >= 15 is 0 Å². The highest BCUT2D eigenvalue weighted by Gasteiger charge is 2.04. The van der Waals surface area contributed by atoms with Crippen LogP contribution in [0.25, 0.3) is 17.2 Å². The van der Waals surface area contributed by atoms with Gasteiger partial charge in [-0.2, -0.15) is 0 Å². The van der Waals surface area contributed by atoms with Gasteiger partial charge in [-0.05, 0) is 29.8 Å². The molecule has 23 heavy (non-hydrogen) atoms. The van der Waals surface area contributed by atoms with Gasteiger partial charge in [0.1, 0.15) is 17.9 Å². The van der Waals surface area contributed by atoms with Crippen LogP contribution in [0.15, 0.2) is 59.0 Å². The molecule has 0 N–H and O–H groups in total. The Morgan fingerprint density at radius 3 is 2.91 bits per heavy atom. The molecule has 2 aromatic carbocycles. The number of oxazole rings is 1. The third-order valence-electron chi connectivity index (χ3n) is 3.19. The van der Waals surface area contributed by atoms with Crippen LogP contribution in [0.2, 0.25) is 0 Å². The van der Waals surface area contributed by atoms with E-state index in [0.717, 1.165) is 16.8 Å². The molecule has 0 aliphatic rings. The summed E-state index contributed by atoms with van der Waals surface area (Å²) >= 11 is 0. The number of hydrogen-bond acceptors (Lipinski definition) is 5. The maximum atomic E-state index is 11.7. The third-order valence-corrected chi connectivity index (χ3v) is 3.19. The van der Waals surface area contributed by atoms with Gasteiger partial charge in [-0.15, -0.1) is 0 Å². The van der Waals surface area contributed by atoms with Crippen LogP contribution >= 0.6 is 0 Å². The molecule has 5 heteroatoms. The lowest BCUT2D eigenvalue weighted by atomic mass is 10.2. The van der Waals surface area contributed by atoms with E-state index in [1.807, 2.05) is 48.5 Å². The van der Waals surface area contributed by atoms with Gasteiger partial charge in [0, 0.05) is 12.2 Å². The summed E-state index contributed by atoms with van der Waals surface area (Å²) in [7, 11) is 1.59. The van der Waals surface area contributed by atoms with E-state index < -0.39 is 5.97 Å². The maximum absolute atomic E-state index is 11.7. The number of esters is 1. The molecule has 0 saturated carbocycles. The highest BCUT2D eigenvalue weighted by atomic mass is 16.5. The largest absolute Gasteiger partial charge is 0.497 e. The number of carbonyl (C=O) groups excluding carboxylic acids is 1. The van der Waals surface area contributed by atoms with Gasteiger partial charge in [0.15, 0.2) is 5.58 Å². The fourth-order valence-electron chi connectivity index (χ4n) is 2.07. The second-order valence-corrected chi connectivity index (χ2v) is 4.81. The van der Waals surface area contributed by atoms with Gasteiger partial charge >= 0.3 is 5.97 Å². The molecule has 0 fully saturated rings. The number of methoxy groups -OCH3 is 1. The quantitative estimate of drug-likeness (QED) is 0.532. The molecule has 0 amide bonds. The molecule has 3 aromatic rings. The van der Waals surface area contributed by atoms with Crippen molar-refractivity contribution in [2.45, 2.75) is 6.61 Å². The Labute approximate surface area is 133 Å². The van der Waals surface area contributed by atoms with Crippen molar-refractivity contribution in [3.8, 4) is 5.75 Å². The Bertz CT molecular complexity index is 818. The number of aromatic nitrogens is 1. The Morgan fingerprint density at radius 2 is 2.09 bits per heavy atom. The van der Waals surface area contributed by atoms with Crippen molar-refractivity contribution in [3.63, 3.8) is 0 Å². The predicted octanol–water partition coefficient (Wildman–Crippen LogP) is 3.59. The first-order valence-corrected chi connectivity index (χ1v) is 7.08. The molecule has 1 heterocycles. The Morgan fingerprint density at radius 1 is 1.22 bits per heavy atom. The summed E-state index contributed by atoms with van der Waals surface area (Å²) in [5.41, 5.74) is 2.28. The van der Waals surface area contributed by atoms with Gasteiger partial charge in [-0.1, -0.05) is 24.3 Å². The number of para-hydroxylation sites is 2. The third kappa shape index (κ3) is 3.77. The maximum Gasteiger partial charge on any atom is 0.331 e. The Hall–Kier alpha value is -3.08. The first-order valence-electron chi connectivity index (χ1n) is 7.08. The smallest absolute Gasteiger partial charge is 0.331 e. The van der Waals surface area contributed by atoms with Crippen molar-refractivity contribution in [2.75, 3.05) is 7.11 Å². The van der Waals surface area contributed by atoms with E-state index in [0.29, 0.717) is 11.5 Å². The summed E-state index contributed by atoms with van der Waals surface area (Å²) in [6.45, 7) is 0.175. The van der Waals surface area contributed by atoms with Crippen LogP contribution in [0.1, 0.15) is 11.5 Å². The molecule has 3 rings (SSSR count). The number of fused-ring (bicyclic) bond motifs is 1. The average molecular weight is 309 g/mol. The number of ether oxygens (including phenoxy) is 2. The van der Waals surface area contributed by atoms with Crippen LogP contribution in [0.3, 0.4) is 0 Å². The molecule has 0 saturated heterocycles. The second-order valence-electron chi connectivity index (χ2n) is 4.81. The standard InChI is InChI=1S/C18H15NO4/c1-21-14-6-4-5-13(11-14)12-22-18(20)10-9-17-19-15-7-2-3-8-16(15)23-17/h2-11H,12H2,1H3/b10-9+. The molecular weight excluding hydrogens is 294 g/mol. The van der Waals surface area contributed by atoms with Gasteiger partial charge in [0.05, 0.1) is 7.11 Å². The Kier molecular flexibility index (Phi) is 4.38. The van der Waals surface area contributed by atoms with Gasteiger partial charge in [-0.3, -0.25) is 0 Å². The number of benzene rings is 2. The van der Waals surface area contributed by atoms with Crippen molar-refractivity contribution in [1.29, 1.82) is 0 Å². The van der Waals surface area contributed by atoms with E-state index in [9.17, 15) is 4.79 Å². The minimum atomic E-state index is -0.463. The predicted molar refractivity (Wildman–Crippen MR) is 85.8 cm³/mol. The SMILES string of the molecule is COc1cccc(COC(=O)/C=C/c2nc3ccccc3o2)c1. The van der Waals surface area contributed by atoms with Gasteiger partial charge in [0.2, 0.25) is 5.89 Å². The fourth-order valence-corrected chi connectivity index (χ4v) is 2.07. The summed E-state index contributed by atoms with van der Waals surface area (Å²) in [5.74, 6) is 0.625. The van der Waals surface area contributed by atoms with E-state index in [1.165, 1.54) is 12.2 Å². The molecule has 0 radical (unpaired) electrons. The van der Waals surface area contributed by atoms with Gasteiger partial charge in [0.25, 0.3) is 0 Å². The van der Waals surface area contributed by atoms with Crippen LogP contribution in [0, 0.1) is 0 Å². The lowest BCUT2D eigenvalue weighted by molar-refractivity contribution is -0.138. The highest BCUT2D eigenvalue weighted by Crippen LogP contribution is 2.16. The van der Waals surface area contributed by atoms with Crippen molar-refractivity contribution in [1.82, 2.24) is 4.98 Å². The van der Waals surface area contributed by atoms with Crippen molar-refractivity contribution >= 4 is 23.1 Å². The summed E-state index contributed by atoms with van der Waals surface area (Å²) in [6, 6.07) is 14.8. The lowest BCUT2D eigenvalue weighted by Gasteiger charge is -2.04. The van der Waals surface area contributed by atoms with E-state index in [1.54, 1.807) is 7.11 Å². The zero-order valence-corrected chi connectivity index (χ0v) is 12.6. The van der Waals surface area contributed by atoms with Crippen LogP contribution < -0.4 is 4.74 Å². The van der Waals surface area contributed by atoms with Crippen LogP contribution in [-0.2, 0) is 16.1 Å². The Balaban J connectivity index is 1.60. The van der Waals surface area contributed by atoms with Gasteiger partial charge < -0.3 is 13.9 Å². The number of rotatable bonds is 5. The summed E-state index contributed by atoms with van der Waals surface area (Å²) in [5, 5.41) is 0. The molecule has 0 spiro atoms. The summed E-state index contributed by atoms with van der Waals surface area (Å²) in [6.07, 6.45) is 2.79. The van der Waals surface area contributed by atoms with Crippen molar-refractivity contribution < 1.29 is 18.7 Å². The lowest BCUT2D eigenvalue weighted by Crippen LogP contribution is -2.00. The van der Waals surface area contributed by atoms with Crippen LogP contribution in [0.4, 0.5) is 0 Å². The summed E-state index contributed by atoms with van der Waals surface area (Å²) in [4.78, 5) is 16.0. The van der Waals surface area contributed by atoms with E-state index in [-0.39, 0.29) is 6.61 Å². The summed E-state index contributed by atoms with van der Waals surface area (Å²) < 4.78 is 15.8. The molecule has 0 atom stereocenters. The molecule has 0 unspecified atom stereocenters. The number of hydrogen-bond donors (Lipinski definition) is 0. The molecule has 5 nitrogen and oxygen atoms in total. The minimum absolute atomic E-state index is 0.175. The first kappa shape index (κ1) is 14.8. The van der Waals surface area contributed by atoms with Crippen LogP contribution in [-0.4, -0.2) is 18.1 Å². The number of nitrogens with zero attached hydrogens (tertiary/aromatic N) is 1. The average Bonchev–Trinajstić information content (AvgIpc) is 3.01. The van der Waals surface area contributed by atoms with Crippen molar-refractivity contribution in [2.24, 2.45) is 0 Å². The fraction of sp³-hybridized carbons (Fsp3) is 0.111. The van der Waals surface area contributed by atoms with Gasteiger partial charge in [-0.25, -0.2) is 9.78 Å². The molecule has 0 bridgehead atoms.